The van der Waals surface area contributed by atoms with Crippen LogP contribution in [0.5, 0.6) is 0 Å². The molecule has 0 aromatic heterocycles. The van der Waals surface area contributed by atoms with E-state index in [4.69, 9.17) is 0 Å². The van der Waals surface area contributed by atoms with Crippen LogP contribution in [0.3, 0.4) is 0 Å². The molecule has 36 heavy (non-hydrogen) atoms. The summed E-state index contributed by atoms with van der Waals surface area (Å²) in [7, 11) is 0. The lowest BCUT2D eigenvalue weighted by atomic mass is 9.60. The van der Waals surface area contributed by atoms with Gasteiger partial charge in [-0.3, -0.25) is 14.4 Å². The Bertz CT molecular complexity index is 1360. The van der Waals surface area contributed by atoms with Crippen LogP contribution in [-0.2, 0) is 14.4 Å². The lowest BCUT2D eigenvalue weighted by Gasteiger charge is -2.38. The fourth-order valence-electron chi connectivity index (χ4n) is 7.33. The van der Waals surface area contributed by atoms with E-state index in [9.17, 15) is 18.8 Å². The van der Waals surface area contributed by atoms with E-state index in [1.165, 1.54) is 18.2 Å². The number of benzene rings is 3. The molecule has 4 nitrogen and oxygen atoms in total. The van der Waals surface area contributed by atoms with Crippen molar-refractivity contribution in [2.24, 2.45) is 22.7 Å². The van der Waals surface area contributed by atoms with E-state index >= 15 is 0 Å². The second-order valence-corrected chi connectivity index (χ2v) is 9.88. The van der Waals surface area contributed by atoms with E-state index in [-0.39, 0.29) is 11.5 Å². The number of halogens is 1. The van der Waals surface area contributed by atoms with Crippen molar-refractivity contribution >= 4 is 34.4 Å². The molecule has 2 bridgehead atoms. The van der Waals surface area contributed by atoms with Gasteiger partial charge in [-0.2, -0.15) is 0 Å². The molecule has 2 aliphatic carbocycles. The van der Waals surface area contributed by atoms with Gasteiger partial charge in [-0.15, -0.1) is 0 Å². The smallest absolute Gasteiger partial charge is 0.239 e. The van der Waals surface area contributed by atoms with E-state index in [0.29, 0.717) is 12.8 Å². The largest absolute Gasteiger partial charge is 0.298 e. The molecule has 2 fully saturated rings. The summed E-state index contributed by atoms with van der Waals surface area (Å²) in [5.41, 5.74) is 1.05. The number of Topliss-reactive ketones (excluding diaryl/α,β-unsaturated/α-hetero) is 1. The summed E-state index contributed by atoms with van der Waals surface area (Å²) in [6.45, 7) is 3.84. The zero-order chi connectivity index (χ0) is 25.2. The normalized spacial score (nSPS) is 28.9. The van der Waals surface area contributed by atoms with Gasteiger partial charge in [-0.1, -0.05) is 86.6 Å². The van der Waals surface area contributed by atoms with Crippen molar-refractivity contribution in [2.45, 2.75) is 26.7 Å². The predicted octanol–water partition coefficient (Wildman–Crippen LogP) is 5.93. The van der Waals surface area contributed by atoms with Gasteiger partial charge in [0.15, 0.2) is 5.78 Å². The Kier molecular flexibility index (Phi) is 4.91. The number of fused-ring (bicyclic) bond motifs is 5. The molecule has 180 valence electrons. The fraction of sp³-hybridized carbons (Fsp3) is 0.258. The van der Waals surface area contributed by atoms with Gasteiger partial charge in [0, 0.05) is 0 Å². The van der Waals surface area contributed by atoms with Crippen molar-refractivity contribution in [1.82, 2.24) is 0 Å². The number of anilines is 1. The lowest BCUT2D eigenvalue weighted by molar-refractivity contribution is -0.134. The third-order valence-electron chi connectivity index (χ3n) is 8.65. The molecule has 1 heterocycles. The average Bonchev–Trinajstić information content (AvgIpc) is 3.41. The van der Waals surface area contributed by atoms with Gasteiger partial charge in [-0.25, -0.2) is 9.29 Å². The Hall–Kier alpha value is -3.86. The van der Waals surface area contributed by atoms with Gasteiger partial charge < -0.3 is 0 Å². The molecule has 0 spiro atoms. The van der Waals surface area contributed by atoms with Crippen LogP contribution in [0.25, 0.3) is 11.1 Å². The molecule has 1 saturated carbocycles. The zero-order valence-corrected chi connectivity index (χ0v) is 20.2. The molecule has 1 saturated heterocycles. The predicted molar refractivity (Wildman–Crippen MR) is 136 cm³/mol. The van der Waals surface area contributed by atoms with Crippen LogP contribution in [0.1, 0.15) is 37.8 Å². The molecular weight excluding hydrogens is 453 g/mol. The number of rotatable bonds is 5. The van der Waals surface area contributed by atoms with Crippen LogP contribution >= 0.6 is 0 Å². The number of hydrogen-bond donors (Lipinski definition) is 0. The van der Waals surface area contributed by atoms with Gasteiger partial charge in [0.2, 0.25) is 11.8 Å². The maximum Gasteiger partial charge on any atom is 0.239 e. The third kappa shape index (κ3) is 2.50. The van der Waals surface area contributed by atoms with Gasteiger partial charge in [-0.05, 0) is 47.2 Å². The average molecular weight is 480 g/mol. The summed E-state index contributed by atoms with van der Waals surface area (Å²) in [5.74, 6) is -3.40. The molecular formula is C31H26FNO3. The number of amides is 2. The Morgan fingerprint density at radius 1 is 0.667 bits per heavy atom. The quantitative estimate of drug-likeness (QED) is 0.426. The van der Waals surface area contributed by atoms with Gasteiger partial charge in [0.25, 0.3) is 0 Å². The van der Waals surface area contributed by atoms with E-state index < -0.39 is 40.3 Å². The van der Waals surface area contributed by atoms with Crippen molar-refractivity contribution in [3.05, 3.63) is 102 Å². The molecule has 6 rings (SSSR count). The van der Waals surface area contributed by atoms with Crippen LogP contribution in [0.15, 0.2) is 84.9 Å². The number of imide groups is 1. The molecule has 0 unspecified atom stereocenters. The maximum absolute atomic E-state index is 14.9. The number of carbonyl (C=O) groups is 3. The van der Waals surface area contributed by atoms with Gasteiger partial charge in [0.05, 0.1) is 28.4 Å². The van der Waals surface area contributed by atoms with E-state index in [2.05, 4.69) is 0 Å². The first-order chi connectivity index (χ1) is 17.4. The number of para-hydroxylation sites is 1. The van der Waals surface area contributed by atoms with Crippen molar-refractivity contribution in [2.75, 3.05) is 4.90 Å². The number of ketones is 1. The highest BCUT2D eigenvalue weighted by atomic mass is 19.1. The SMILES string of the molecule is CC[C@]12C(=O)[C@@](CC)(C(c3ccccc3)=C1c1ccccc1)[C@H]1C(=O)N(c3ccccc3F)C(=O)[C@H]12. The monoisotopic (exact) mass is 479 g/mol. The molecule has 4 atom stereocenters. The summed E-state index contributed by atoms with van der Waals surface area (Å²) in [6, 6.07) is 25.3. The molecule has 1 aliphatic heterocycles. The summed E-state index contributed by atoms with van der Waals surface area (Å²) in [6.07, 6.45) is 0.749. The molecule has 3 aromatic carbocycles. The van der Waals surface area contributed by atoms with Crippen molar-refractivity contribution in [3.63, 3.8) is 0 Å². The third-order valence-corrected chi connectivity index (χ3v) is 8.65. The van der Waals surface area contributed by atoms with Crippen molar-refractivity contribution in [3.8, 4) is 0 Å². The van der Waals surface area contributed by atoms with Gasteiger partial charge >= 0.3 is 0 Å². The number of allylic oxidation sites excluding steroid dienone is 2. The van der Waals surface area contributed by atoms with Crippen LogP contribution < -0.4 is 4.90 Å². The highest BCUT2D eigenvalue weighted by Gasteiger charge is 2.80. The number of carbonyl (C=O) groups excluding carboxylic acids is 3. The first kappa shape index (κ1) is 22.6. The van der Waals surface area contributed by atoms with Crippen LogP contribution in [0.2, 0.25) is 0 Å². The minimum atomic E-state index is -1.17. The second kappa shape index (κ2) is 7.82. The molecule has 0 N–H and O–H groups in total. The molecule has 3 aliphatic rings. The Labute approximate surface area is 209 Å². The van der Waals surface area contributed by atoms with Crippen molar-refractivity contribution in [1.29, 1.82) is 0 Å². The molecule has 2 amide bonds. The van der Waals surface area contributed by atoms with Crippen LogP contribution in [-0.4, -0.2) is 17.6 Å². The topological polar surface area (TPSA) is 54.5 Å². The van der Waals surface area contributed by atoms with E-state index in [0.717, 1.165) is 27.2 Å². The number of nitrogens with zero attached hydrogens (tertiary/aromatic N) is 1. The molecule has 5 heteroatoms. The second-order valence-electron chi connectivity index (χ2n) is 9.88. The Morgan fingerprint density at radius 3 is 1.50 bits per heavy atom. The Balaban J connectivity index is 1.69. The van der Waals surface area contributed by atoms with E-state index in [1.54, 1.807) is 6.07 Å². The number of hydrogen-bond acceptors (Lipinski definition) is 3. The van der Waals surface area contributed by atoms with Crippen molar-refractivity contribution < 1.29 is 18.8 Å². The summed E-state index contributed by atoms with van der Waals surface area (Å²) in [5, 5.41) is 0. The minimum Gasteiger partial charge on any atom is -0.298 e. The maximum atomic E-state index is 14.9. The first-order valence-electron chi connectivity index (χ1n) is 12.5. The van der Waals surface area contributed by atoms with Gasteiger partial charge in [0.1, 0.15) is 5.82 Å². The van der Waals surface area contributed by atoms with Crippen LogP contribution in [0.4, 0.5) is 10.1 Å². The van der Waals surface area contributed by atoms with Crippen LogP contribution in [0, 0.1) is 28.5 Å². The lowest BCUT2D eigenvalue weighted by Crippen LogP contribution is -2.42. The highest BCUT2D eigenvalue weighted by molar-refractivity contribution is 6.34. The summed E-state index contributed by atoms with van der Waals surface area (Å²) < 4.78 is 14.9. The fourth-order valence-corrected chi connectivity index (χ4v) is 7.33. The standard InChI is InChI=1S/C31H26FNO3/c1-3-30-23(19-13-7-5-8-14-19)24(20-15-9-6-10-16-20)31(4-2,29(30)36)26-25(30)27(34)33(28(26)35)22-18-12-11-17-21(22)32/h5-18,25-26H,3-4H2,1-2H3/t25-,26+,30-,31-/m0/s1. The first-order valence-corrected chi connectivity index (χ1v) is 12.5. The molecule has 0 radical (unpaired) electrons. The highest BCUT2D eigenvalue weighted by Crippen LogP contribution is 2.75. The Morgan fingerprint density at radius 2 is 1.08 bits per heavy atom. The van der Waals surface area contributed by atoms with E-state index in [1.807, 2.05) is 74.5 Å². The summed E-state index contributed by atoms with van der Waals surface area (Å²) in [4.78, 5) is 43.8. The minimum absolute atomic E-state index is 0.0474. The molecule has 3 aromatic rings. The summed E-state index contributed by atoms with van der Waals surface area (Å²) >= 11 is 0. The zero-order valence-electron chi connectivity index (χ0n) is 20.2.